The molecular weight excluding hydrogens is 481 g/mol. The van der Waals surface area contributed by atoms with Gasteiger partial charge < -0.3 is 10.2 Å². The molecule has 30 heavy (non-hydrogen) atoms. The Hall–Kier alpha value is -1.38. The Morgan fingerprint density at radius 3 is 2.23 bits per heavy atom. The first-order valence-corrected chi connectivity index (χ1v) is 11.2. The molecule has 0 amide bonds. The molecule has 1 aliphatic rings. The molecule has 0 bridgehead atoms. The Morgan fingerprint density at radius 1 is 1.10 bits per heavy atom. The van der Waals surface area contributed by atoms with Crippen LogP contribution in [0.15, 0.2) is 35.1 Å². The van der Waals surface area contributed by atoms with Gasteiger partial charge in [0.05, 0.1) is 10.0 Å². The van der Waals surface area contributed by atoms with Crippen LogP contribution in [0.2, 0.25) is 5.02 Å². The second kappa shape index (κ2) is 9.83. The first-order valence-electron chi connectivity index (χ1n) is 10.1. The fourth-order valence-corrected chi connectivity index (χ4v) is 4.43. The van der Waals surface area contributed by atoms with Crippen LogP contribution in [-0.2, 0) is 12.7 Å². The number of halogens is 5. The average Bonchev–Trinajstić information content (AvgIpc) is 2.71. The van der Waals surface area contributed by atoms with Crippen LogP contribution in [0, 0.1) is 0 Å². The summed E-state index contributed by atoms with van der Waals surface area (Å²) in [5.41, 5.74) is -0.258. The van der Waals surface area contributed by atoms with Gasteiger partial charge in [-0.15, -0.1) is 0 Å². The van der Waals surface area contributed by atoms with Crippen LogP contribution in [0.1, 0.15) is 50.7 Å². The molecule has 164 valence electrons. The minimum absolute atomic E-state index is 0.0691. The normalized spacial score (nSPS) is 22.2. The molecule has 9 heteroatoms. The van der Waals surface area contributed by atoms with Crippen molar-refractivity contribution in [3.63, 3.8) is 0 Å². The van der Waals surface area contributed by atoms with Crippen LogP contribution in [0.5, 0.6) is 0 Å². The van der Waals surface area contributed by atoms with Crippen molar-refractivity contribution < 1.29 is 13.2 Å². The molecule has 1 aromatic heterocycles. The molecule has 2 heterocycles. The predicted molar refractivity (Wildman–Crippen MR) is 117 cm³/mol. The van der Waals surface area contributed by atoms with E-state index in [1.54, 1.807) is 18.5 Å². The number of anilines is 1. The van der Waals surface area contributed by atoms with Gasteiger partial charge in [0.2, 0.25) is 5.95 Å². The maximum absolute atomic E-state index is 13.3. The molecule has 0 radical (unpaired) electrons. The number of alkyl halides is 3. The zero-order chi connectivity index (χ0) is 21.9. The highest BCUT2D eigenvalue weighted by Crippen LogP contribution is 2.33. The van der Waals surface area contributed by atoms with Crippen molar-refractivity contribution in [1.29, 1.82) is 0 Å². The van der Waals surface area contributed by atoms with E-state index in [9.17, 15) is 13.2 Å². The van der Waals surface area contributed by atoms with Gasteiger partial charge in [-0.05, 0) is 65.4 Å². The van der Waals surface area contributed by atoms with Crippen LogP contribution >= 0.6 is 27.5 Å². The number of piperidine rings is 1. The molecule has 1 aromatic carbocycles. The average molecular weight is 506 g/mol. The SMILES string of the molecule is CC[C@@H]1C[C@@H](N(Cc2cc(Cl)cc(C(F)(F)F)c2)c2ncc(Br)cn2)C[C@H](CC)N1. The highest BCUT2D eigenvalue weighted by atomic mass is 79.9. The number of hydrogen-bond acceptors (Lipinski definition) is 4. The van der Waals surface area contributed by atoms with Crippen LogP contribution in [0.4, 0.5) is 19.1 Å². The maximum Gasteiger partial charge on any atom is 0.416 e. The van der Waals surface area contributed by atoms with E-state index >= 15 is 0 Å². The number of benzene rings is 1. The number of hydrogen-bond donors (Lipinski definition) is 1. The number of nitrogens with zero attached hydrogens (tertiary/aromatic N) is 3. The third-order valence-corrected chi connectivity index (χ3v) is 6.14. The lowest BCUT2D eigenvalue weighted by atomic mass is 9.90. The zero-order valence-electron chi connectivity index (χ0n) is 16.9. The van der Waals surface area contributed by atoms with Gasteiger partial charge in [-0.2, -0.15) is 13.2 Å². The van der Waals surface area contributed by atoms with E-state index < -0.39 is 11.7 Å². The van der Waals surface area contributed by atoms with Crippen molar-refractivity contribution in [1.82, 2.24) is 15.3 Å². The minimum atomic E-state index is -4.45. The van der Waals surface area contributed by atoms with Gasteiger partial charge in [-0.1, -0.05) is 25.4 Å². The largest absolute Gasteiger partial charge is 0.416 e. The van der Waals surface area contributed by atoms with Gasteiger partial charge in [0.1, 0.15) is 0 Å². The topological polar surface area (TPSA) is 41.1 Å². The van der Waals surface area contributed by atoms with Crippen LogP contribution in [0.25, 0.3) is 0 Å². The number of rotatable bonds is 6. The Morgan fingerprint density at radius 2 is 1.70 bits per heavy atom. The van der Waals surface area contributed by atoms with Crippen molar-refractivity contribution in [2.24, 2.45) is 0 Å². The van der Waals surface area contributed by atoms with E-state index in [0.29, 0.717) is 23.6 Å². The lowest BCUT2D eigenvalue weighted by Gasteiger charge is -2.41. The second-order valence-corrected chi connectivity index (χ2v) is 9.03. The first-order chi connectivity index (χ1) is 14.2. The third-order valence-electron chi connectivity index (χ3n) is 5.51. The minimum Gasteiger partial charge on any atom is -0.333 e. The van der Waals surface area contributed by atoms with E-state index in [2.05, 4.69) is 45.1 Å². The smallest absolute Gasteiger partial charge is 0.333 e. The van der Waals surface area contributed by atoms with Crippen molar-refractivity contribution in [2.75, 3.05) is 4.90 Å². The quantitative estimate of drug-likeness (QED) is 0.505. The van der Waals surface area contributed by atoms with Gasteiger partial charge in [-0.3, -0.25) is 0 Å². The lowest BCUT2D eigenvalue weighted by Crippen LogP contribution is -2.52. The molecule has 0 unspecified atom stereocenters. The molecule has 1 aliphatic heterocycles. The van der Waals surface area contributed by atoms with Gasteiger partial charge in [0.15, 0.2) is 0 Å². The number of aromatic nitrogens is 2. The Bertz CT molecular complexity index is 835. The Kier molecular flexibility index (Phi) is 7.63. The molecule has 3 rings (SSSR count). The summed E-state index contributed by atoms with van der Waals surface area (Å²) in [6.07, 6.45) is 2.58. The Labute approximate surface area is 188 Å². The zero-order valence-corrected chi connectivity index (χ0v) is 19.2. The van der Waals surface area contributed by atoms with E-state index in [0.717, 1.165) is 42.3 Å². The molecule has 0 saturated carbocycles. The summed E-state index contributed by atoms with van der Waals surface area (Å²) in [4.78, 5) is 10.9. The van der Waals surface area contributed by atoms with Gasteiger partial charge in [0, 0.05) is 42.1 Å². The summed E-state index contributed by atoms with van der Waals surface area (Å²) in [5.74, 6) is 0.503. The van der Waals surface area contributed by atoms with E-state index in [4.69, 9.17) is 11.6 Å². The van der Waals surface area contributed by atoms with Gasteiger partial charge in [-0.25, -0.2) is 9.97 Å². The molecule has 2 aromatic rings. The summed E-state index contributed by atoms with van der Waals surface area (Å²) >= 11 is 9.36. The van der Waals surface area contributed by atoms with Crippen molar-refractivity contribution in [2.45, 2.75) is 70.4 Å². The summed E-state index contributed by atoms with van der Waals surface area (Å²) < 4.78 is 40.6. The molecule has 0 spiro atoms. The van der Waals surface area contributed by atoms with Gasteiger partial charge in [0.25, 0.3) is 0 Å². The second-order valence-electron chi connectivity index (χ2n) is 7.68. The standard InChI is InChI=1S/C21H25BrClF3N4/c1-3-17-8-19(9-18(4-2)29-17)30(20-27-10-15(22)11-28-20)12-13-5-14(21(24,25)26)7-16(23)6-13/h5-7,10-11,17-19,29H,3-4,8-9,12H2,1-2H3/t17-,18+,19-. The third kappa shape index (κ3) is 5.86. The monoisotopic (exact) mass is 504 g/mol. The predicted octanol–water partition coefficient (Wildman–Crippen LogP) is 6.23. The van der Waals surface area contributed by atoms with Crippen molar-refractivity contribution in [3.8, 4) is 0 Å². The lowest BCUT2D eigenvalue weighted by molar-refractivity contribution is -0.137. The van der Waals surface area contributed by atoms with E-state index in [-0.39, 0.29) is 17.6 Å². The van der Waals surface area contributed by atoms with Crippen molar-refractivity contribution in [3.05, 3.63) is 51.2 Å². The summed E-state index contributed by atoms with van der Waals surface area (Å²) in [6.45, 7) is 4.53. The van der Waals surface area contributed by atoms with Gasteiger partial charge >= 0.3 is 6.18 Å². The van der Waals surface area contributed by atoms with E-state index in [1.165, 1.54) is 0 Å². The highest BCUT2D eigenvalue weighted by Gasteiger charge is 2.34. The molecular formula is C21H25BrClF3N4. The summed E-state index contributed by atoms with van der Waals surface area (Å²) in [6, 6.07) is 4.49. The highest BCUT2D eigenvalue weighted by molar-refractivity contribution is 9.10. The van der Waals surface area contributed by atoms with Crippen LogP contribution in [0.3, 0.4) is 0 Å². The summed E-state index contributed by atoms with van der Waals surface area (Å²) in [7, 11) is 0. The molecule has 0 aliphatic carbocycles. The fourth-order valence-electron chi connectivity index (χ4n) is 3.96. The maximum atomic E-state index is 13.3. The van der Waals surface area contributed by atoms with E-state index in [1.807, 2.05) is 4.90 Å². The first kappa shape index (κ1) is 23.3. The molecule has 1 N–H and O–H groups in total. The molecule has 4 nitrogen and oxygen atoms in total. The fraction of sp³-hybridized carbons (Fsp3) is 0.524. The molecule has 3 atom stereocenters. The van der Waals surface area contributed by atoms with Crippen LogP contribution < -0.4 is 10.2 Å². The van der Waals surface area contributed by atoms with Crippen LogP contribution in [-0.4, -0.2) is 28.1 Å². The number of nitrogens with one attached hydrogen (secondary N) is 1. The summed E-state index contributed by atoms with van der Waals surface area (Å²) in [5, 5.41) is 3.72. The molecule has 1 saturated heterocycles. The van der Waals surface area contributed by atoms with Crippen molar-refractivity contribution >= 4 is 33.5 Å². The Balaban J connectivity index is 1.96. The molecule has 1 fully saturated rings.